The summed E-state index contributed by atoms with van der Waals surface area (Å²) < 4.78 is 30.0. The molecule has 1 saturated heterocycles. The van der Waals surface area contributed by atoms with E-state index in [0.29, 0.717) is 0 Å². The highest BCUT2D eigenvalue weighted by Gasteiger charge is 2.51. The molecule has 3 aromatic rings. The van der Waals surface area contributed by atoms with E-state index in [4.69, 9.17) is 23.7 Å². The average Bonchev–Trinajstić information content (AvgIpc) is 2.97. The van der Waals surface area contributed by atoms with E-state index in [9.17, 15) is 14.4 Å². The Morgan fingerprint density at radius 2 is 1.17 bits per heavy atom. The second kappa shape index (κ2) is 13.5. The van der Waals surface area contributed by atoms with Gasteiger partial charge in [-0.3, -0.25) is 14.4 Å². The van der Waals surface area contributed by atoms with Crippen molar-refractivity contribution in [1.29, 1.82) is 0 Å². The third-order valence-electron chi connectivity index (χ3n) is 6.86. The summed E-state index contributed by atoms with van der Waals surface area (Å²) in [4.78, 5) is 36.5. The van der Waals surface area contributed by atoms with E-state index in [1.807, 2.05) is 91.0 Å². The van der Waals surface area contributed by atoms with Crippen LogP contribution in [0, 0.1) is 0 Å². The zero-order valence-electron chi connectivity index (χ0n) is 23.5. The molecule has 1 amide bonds. The predicted molar refractivity (Wildman–Crippen MR) is 150 cm³/mol. The van der Waals surface area contributed by atoms with Gasteiger partial charge in [0, 0.05) is 27.9 Å². The van der Waals surface area contributed by atoms with Crippen molar-refractivity contribution in [3.8, 4) is 0 Å². The first-order valence-electron chi connectivity index (χ1n) is 13.4. The lowest BCUT2D eigenvalue weighted by molar-refractivity contribution is -0.276. The summed E-state index contributed by atoms with van der Waals surface area (Å²) in [5.74, 6) is -1.63. The second-order valence-corrected chi connectivity index (χ2v) is 9.74. The first-order chi connectivity index (χ1) is 19.8. The van der Waals surface area contributed by atoms with Crippen molar-refractivity contribution in [3.05, 3.63) is 108 Å². The fourth-order valence-corrected chi connectivity index (χ4v) is 5.27. The number of carbonyl (C=O) groups is 3. The summed E-state index contributed by atoms with van der Waals surface area (Å²) in [5.41, 5.74) is 1.52. The normalized spacial score (nSPS) is 22.4. The van der Waals surface area contributed by atoms with Crippen LogP contribution in [0.25, 0.3) is 0 Å². The van der Waals surface area contributed by atoms with Crippen molar-refractivity contribution < 1.29 is 38.1 Å². The number of methoxy groups -OCH3 is 1. The van der Waals surface area contributed by atoms with Crippen molar-refractivity contribution in [2.45, 2.75) is 57.0 Å². The molecule has 1 fully saturated rings. The van der Waals surface area contributed by atoms with Gasteiger partial charge >= 0.3 is 11.9 Å². The molecule has 9 heteroatoms. The Bertz CT molecular complexity index is 1200. The van der Waals surface area contributed by atoms with Crippen LogP contribution in [0.5, 0.6) is 0 Å². The van der Waals surface area contributed by atoms with Crippen LogP contribution in [0.3, 0.4) is 0 Å². The lowest BCUT2D eigenvalue weighted by Crippen LogP contribution is -2.66. The standard InChI is InChI=1S/C32H35NO8/c1-21(34)33-28-30(40-23(3)36)29(39-22(2)35)27(41-31(28)37-4)20-38-32(24-14-8-5-9-15-24,25-16-10-6-11-17-25)26-18-12-7-13-19-26/h5-19,27-31H,20H2,1-4H3,(H,33,34)/t27-,28-,29-,30-,31-/m1/s1. The maximum Gasteiger partial charge on any atom is 0.303 e. The summed E-state index contributed by atoms with van der Waals surface area (Å²) >= 11 is 0. The van der Waals surface area contributed by atoms with Gasteiger partial charge in [0.05, 0.1) is 6.61 Å². The van der Waals surface area contributed by atoms with Gasteiger partial charge in [0.15, 0.2) is 18.5 Å². The van der Waals surface area contributed by atoms with Crippen molar-refractivity contribution in [3.63, 3.8) is 0 Å². The molecule has 0 radical (unpaired) electrons. The smallest absolute Gasteiger partial charge is 0.303 e. The van der Waals surface area contributed by atoms with E-state index in [2.05, 4.69) is 5.32 Å². The SMILES string of the molecule is CO[C@@H]1O[C@H](COC(c2ccccc2)(c2ccccc2)c2ccccc2)[C@@H](OC(C)=O)[C@H](OC(C)=O)[C@H]1NC(C)=O. The van der Waals surface area contributed by atoms with Crippen LogP contribution in [-0.4, -0.2) is 62.2 Å². The van der Waals surface area contributed by atoms with Gasteiger partial charge in [0.2, 0.25) is 5.91 Å². The van der Waals surface area contributed by atoms with E-state index < -0.39 is 54.1 Å². The molecule has 41 heavy (non-hydrogen) atoms. The monoisotopic (exact) mass is 561 g/mol. The quantitative estimate of drug-likeness (QED) is 0.295. The molecule has 0 aromatic heterocycles. The molecule has 5 atom stereocenters. The van der Waals surface area contributed by atoms with Gasteiger partial charge < -0.3 is 29.0 Å². The molecule has 0 unspecified atom stereocenters. The minimum atomic E-state index is -1.11. The Labute approximate surface area is 239 Å². The first kappa shape index (κ1) is 29.9. The average molecular weight is 562 g/mol. The molecule has 216 valence electrons. The third kappa shape index (κ3) is 6.82. The number of ether oxygens (including phenoxy) is 5. The van der Waals surface area contributed by atoms with Gasteiger partial charge in [0.1, 0.15) is 17.7 Å². The molecule has 1 N–H and O–H groups in total. The van der Waals surface area contributed by atoms with E-state index >= 15 is 0 Å². The number of benzene rings is 3. The molecule has 0 saturated carbocycles. The molecule has 0 aliphatic carbocycles. The van der Waals surface area contributed by atoms with Gasteiger partial charge in [-0.1, -0.05) is 91.0 Å². The van der Waals surface area contributed by atoms with E-state index in [-0.39, 0.29) is 6.61 Å². The topological polar surface area (TPSA) is 109 Å². The highest BCUT2D eigenvalue weighted by Crippen LogP contribution is 2.41. The summed E-state index contributed by atoms with van der Waals surface area (Å²) in [5, 5.41) is 2.71. The van der Waals surface area contributed by atoms with E-state index in [0.717, 1.165) is 16.7 Å². The molecule has 4 rings (SSSR count). The highest BCUT2D eigenvalue weighted by molar-refractivity contribution is 5.73. The van der Waals surface area contributed by atoms with Gasteiger partial charge in [-0.25, -0.2) is 0 Å². The van der Waals surface area contributed by atoms with Crippen molar-refractivity contribution in [2.75, 3.05) is 13.7 Å². The Kier molecular flexibility index (Phi) is 9.88. The predicted octanol–water partition coefficient (Wildman–Crippen LogP) is 3.73. The van der Waals surface area contributed by atoms with Gasteiger partial charge in [-0.05, 0) is 16.7 Å². The number of amides is 1. The van der Waals surface area contributed by atoms with E-state index in [1.165, 1.54) is 27.9 Å². The van der Waals surface area contributed by atoms with Crippen LogP contribution in [-0.2, 0) is 43.7 Å². The Balaban J connectivity index is 1.80. The Hall–Kier alpha value is -4.05. The number of esters is 2. The van der Waals surface area contributed by atoms with Gasteiger partial charge in [0.25, 0.3) is 0 Å². The zero-order valence-corrected chi connectivity index (χ0v) is 23.5. The summed E-state index contributed by atoms with van der Waals surface area (Å²) in [7, 11) is 1.41. The lowest BCUT2D eigenvalue weighted by Gasteiger charge is -2.46. The number of nitrogens with one attached hydrogen (secondary N) is 1. The minimum Gasteiger partial charge on any atom is -0.456 e. The Morgan fingerprint density at radius 1 is 0.732 bits per heavy atom. The van der Waals surface area contributed by atoms with Crippen LogP contribution in [0.4, 0.5) is 0 Å². The molecule has 9 nitrogen and oxygen atoms in total. The van der Waals surface area contributed by atoms with Gasteiger partial charge in [-0.15, -0.1) is 0 Å². The maximum atomic E-state index is 12.3. The molecular weight excluding hydrogens is 526 g/mol. The molecule has 1 aliphatic heterocycles. The zero-order chi connectivity index (χ0) is 29.4. The summed E-state index contributed by atoms with van der Waals surface area (Å²) in [6.45, 7) is 3.72. The second-order valence-electron chi connectivity index (χ2n) is 9.74. The molecule has 1 aliphatic rings. The van der Waals surface area contributed by atoms with Crippen LogP contribution in [0.2, 0.25) is 0 Å². The molecular formula is C32H35NO8. The fraction of sp³-hybridized carbons (Fsp3) is 0.344. The number of hydrogen-bond donors (Lipinski definition) is 1. The Morgan fingerprint density at radius 3 is 1.56 bits per heavy atom. The number of carbonyl (C=O) groups excluding carboxylic acids is 3. The fourth-order valence-electron chi connectivity index (χ4n) is 5.27. The van der Waals surface area contributed by atoms with Crippen molar-refractivity contribution in [1.82, 2.24) is 5.32 Å². The lowest BCUT2D eigenvalue weighted by atomic mass is 9.80. The summed E-state index contributed by atoms with van der Waals surface area (Å²) in [6.07, 6.45) is -4.18. The first-order valence-corrected chi connectivity index (χ1v) is 13.4. The minimum absolute atomic E-state index is 0.0962. The van der Waals surface area contributed by atoms with Gasteiger partial charge in [-0.2, -0.15) is 0 Å². The molecule has 1 heterocycles. The number of rotatable bonds is 10. The van der Waals surface area contributed by atoms with Crippen LogP contribution >= 0.6 is 0 Å². The van der Waals surface area contributed by atoms with Crippen LogP contribution in [0.15, 0.2) is 91.0 Å². The highest BCUT2D eigenvalue weighted by atomic mass is 16.7. The largest absolute Gasteiger partial charge is 0.456 e. The third-order valence-corrected chi connectivity index (χ3v) is 6.86. The maximum absolute atomic E-state index is 12.3. The van der Waals surface area contributed by atoms with E-state index in [1.54, 1.807) is 0 Å². The summed E-state index contributed by atoms with van der Waals surface area (Å²) in [6, 6.07) is 28.4. The van der Waals surface area contributed by atoms with Crippen molar-refractivity contribution >= 4 is 17.8 Å². The molecule has 0 bridgehead atoms. The van der Waals surface area contributed by atoms with Crippen LogP contribution < -0.4 is 5.32 Å². The number of hydrogen-bond acceptors (Lipinski definition) is 8. The molecule has 0 spiro atoms. The van der Waals surface area contributed by atoms with Crippen LogP contribution in [0.1, 0.15) is 37.5 Å². The molecule has 3 aromatic carbocycles. The van der Waals surface area contributed by atoms with Crippen molar-refractivity contribution in [2.24, 2.45) is 0 Å².